The van der Waals surface area contributed by atoms with Gasteiger partial charge in [0.15, 0.2) is 0 Å². The van der Waals surface area contributed by atoms with E-state index >= 15 is 0 Å². The first-order valence-corrected chi connectivity index (χ1v) is 14.2. The summed E-state index contributed by atoms with van der Waals surface area (Å²) in [7, 11) is -2.51. The summed E-state index contributed by atoms with van der Waals surface area (Å²) in [4.78, 5) is 12.9. The van der Waals surface area contributed by atoms with Crippen molar-refractivity contribution in [2.75, 3.05) is 33.5 Å². The van der Waals surface area contributed by atoms with Crippen LogP contribution in [0.1, 0.15) is 19.8 Å². The maximum absolute atomic E-state index is 13.4. The molecule has 3 aromatic rings. The standard InChI is InChI=1S/C29H33NO8S/c1-3-35-28(31)27(20-29(37-18-7-19-38-29)21-36-25-8-5-4-6-9-25)30-39(32,33)26-16-12-23(13-17-26)22-10-14-24(34-2)15-11-22/h4-6,8-17,27,30H,3,7,18-21H2,1-2H3. The van der Waals surface area contributed by atoms with E-state index in [1.54, 1.807) is 38.3 Å². The van der Waals surface area contributed by atoms with E-state index in [-0.39, 0.29) is 24.5 Å². The molecule has 1 aliphatic rings. The molecule has 208 valence electrons. The Morgan fingerprint density at radius 3 is 2.13 bits per heavy atom. The smallest absolute Gasteiger partial charge is 0.324 e. The van der Waals surface area contributed by atoms with Crippen molar-refractivity contribution in [2.45, 2.75) is 36.5 Å². The average molecular weight is 556 g/mol. The highest BCUT2D eigenvalue weighted by Gasteiger charge is 2.42. The van der Waals surface area contributed by atoms with Gasteiger partial charge in [0.2, 0.25) is 15.8 Å². The number of esters is 1. The molecule has 1 saturated heterocycles. The molecule has 39 heavy (non-hydrogen) atoms. The minimum absolute atomic E-state index is 0.00845. The number of benzene rings is 3. The molecule has 1 heterocycles. The SMILES string of the molecule is CCOC(=O)C(CC1(COc2ccccc2)OCCCO1)NS(=O)(=O)c1ccc(-c2ccc(OC)cc2)cc1. The Balaban J connectivity index is 1.53. The Hall–Kier alpha value is -3.44. The number of sulfonamides is 1. The van der Waals surface area contributed by atoms with Gasteiger partial charge in [0.25, 0.3) is 0 Å². The van der Waals surface area contributed by atoms with Crippen LogP contribution in [0.2, 0.25) is 0 Å². The Kier molecular flexibility index (Phi) is 9.58. The van der Waals surface area contributed by atoms with Gasteiger partial charge in [-0.15, -0.1) is 0 Å². The van der Waals surface area contributed by atoms with Gasteiger partial charge in [-0.05, 0) is 60.9 Å². The summed E-state index contributed by atoms with van der Waals surface area (Å²) in [5.74, 6) is -0.746. The molecular formula is C29H33NO8S. The molecule has 0 saturated carbocycles. The Morgan fingerprint density at radius 2 is 1.54 bits per heavy atom. The number of methoxy groups -OCH3 is 1. The highest BCUT2D eigenvalue weighted by molar-refractivity contribution is 7.89. The zero-order chi connectivity index (χ0) is 27.7. The summed E-state index contributed by atoms with van der Waals surface area (Å²) in [6, 6.07) is 21.7. The van der Waals surface area contributed by atoms with Crippen molar-refractivity contribution < 1.29 is 36.9 Å². The zero-order valence-corrected chi connectivity index (χ0v) is 22.8. The van der Waals surface area contributed by atoms with Crippen molar-refractivity contribution in [3.05, 3.63) is 78.9 Å². The Labute approximate surface area is 229 Å². The quantitative estimate of drug-likeness (QED) is 0.332. The van der Waals surface area contributed by atoms with Gasteiger partial charge < -0.3 is 23.7 Å². The first kappa shape index (κ1) is 28.6. The van der Waals surface area contributed by atoms with Gasteiger partial charge in [0, 0.05) is 6.42 Å². The second-order valence-electron chi connectivity index (χ2n) is 8.95. The van der Waals surface area contributed by atoms with Crippen LogP contribution >= 0.6 is 0 Å². The van der Waals surface area contributed by atoms with Gasteiger partial charge >= 0.3 is 5.97 Å². The number of ether oxygens (including phenoxy) is 5. The third-order valence-electron chi connectivity index (χ3n) is 6.19. The average Bonchev–Trinajstić information content (AvgIpc) is 2.97. The maximum atomic E-state index is 13.4. The van der Waals surface area contributed by atoms with E-state index in [0.717, 1.165) is 16.9 Å². The number of para-hydroxylation sites is 1. The lowest BCUT2D eigenvalue weighted by atomic mass is 10.1. The van der Waals surface area contributed by atoms with Crippen LogP contribution in [0.4, 0.5) is 0 Å². The van der Waals surface area contributed by atoms with Gasteiger partial charge in [0.05, 0.1) is 31.8 Å². The number of rotatable bonds is 12. The molecule has 3 aromatic carbocycles. The van der Waals surface area contributed by atoms with Crippen LogP contribution in [0.3, 0.4) is 0 Å². The van der Waals surface area contributed by atoms with E-state index in [1.165, 1.54) is 12.1 Å². The molecular weight excluding hydrogens is 522 g/mol. The largest absolute Gasteiger partial charge is 0.497 e. The van der Waals surface area contributed by atoms with Gasteiger partial charge in [0.1, 0.15) is 24.1 Å². The highest BCUT2D eigenvalue weighted by Crippen LogP contribution is 2.28. The van der Waals surface area contributed by atoms with E-state index in [2.05, 4.69) is 4.72 Å². The first-order valence-electron chi connectivity index (χ1n) is 12.7. The molecule has 1 N–H and O–H groups in total. The lowest BCUT2D eigenvalue weighted by Gasteiger charge is -2.38. The molecule has 0 aliphatic carbocycles. The Bertz CT molecular complexity index is 1310. The number of nitrogens with one attached hydrogen (secondary N) is 1. The number of carbonyl (C=O) groups is 1. The third kappa shape index (κ3) is 7.57. The van der Waals surface area contributed by atoms with Crippen molar-refractivity contribution in [3.8, 4) is 22.6 Å². The minimum Gasteiger partial charge on any atom is -0.497 e. The van der Waals surface area contributed by atoms with E-state index in [1.807, 2.05) is 42.5 Å². The fourth-order valence-electron chi connectivity index (χ4n) is 4.18. The monoisotopic (exact) mass is 555 g/mol. The van der Waals surface area contributed by atoms with E-state index in [4.69, 9.17) is 23.7 Å². The van der Waals surface area contributed by atoms with Gasteiger partial charge in [-0.25, -0.2) is 8.42 Å². The molecule has 4 rings (SSSR count). The highest BCUT2D eigenvalue weighted by atomic mass is 32.2. The number of hydrogen-bond donors (Lipinski definition) is 1. The van der Waals surface area contributed by atoms with E-state index in [9.17, 15) is 13.2 Å². The van der Waals surface area contributed by atoms with Crippen molar-refractivity contribution in [1.29, 1.82) is 0 Å². The predicted molar refractivity (Wildman–Crippen MR) is 145 cm³/mol. The molecule has 0 amide bonds. The van der Waals surface area contributed by atoms with Crippen LogP contribution < -0.4 is 14.2 Å². The topological polar surface area (TPSA) is 109 Å². The van der Waals surface area contributed by atoms with Crippen LogP contribution in [0.25, 0.3) is 11.1 Å². The maximum Gasteiger partial charge on any atom is 0.324 e. The van der Waals surface area contributed by atoms with Crippen LogP contribution in [0.15, 0.2) is 83.8 Å². The van der Waals surface area contributed by atoms with Gasteiger partial charge in [-0.1, -0.05) is 42.5 Å². The molecule has 10 heteroatoms. The second-order valence-corrected chi connectivity index (χ2v) is 10.7. The lowest BCUT2D eigenvalue weighted by molar-refractivity contribution is -0.283. The third-order valence-corrected chi connectivity index (χ3v) is 7.68. The molecule has 1 aliphatic heterocycles. The molecule has 0 spiro atoms. The summed E-state index contributed by atoms with van der Waals surface area (Å²) < 4.78 is 57.4. The van der Waals surface area contributed by atoms with Gasteiger partial charge in [-0.3, -0.25) is 4.79 Å². The summed E-state index contributed by atoms with van der Waals surface area (Å²) in [5, 5.41) is 0. The van der Waals surface area contributed by atoms with E-state index in [0.29, 0.717) is 25.4 Å². The molecule has 0 radical (unpaired) electrons. The fourth-order valence-corrected chi connectivity index (χ4v) is 5.36. The van der Waals surface area contributed by atoms with Crippen molar-refractivity contribution >= 4 is 16.0 Å². The van der Waals surface area contributed by atoms with E-state index < -0.39 is 27.8 Å². The van der Waals surface area contributed by atoms with Crippen LogP contribution in [0, 0.1) is 0 Å². The predicted octanol–water partition coefficient (Wildman–Crippen LogP) is 4.17. The summed E-state index contributed by atoms with van der Waals surface area (Å²) in [6.07, 6.45) is 0.533. The fraction of sp³-hybridized carbons (Fsp3) is 0.345. The van der Waals surface area contributed by atoms with Crippen molar-refractivity contribution in [2.24, 2.45) is 0 Å². The summed E-state index contributed by atoms with van der Waals surface area (Å²) >= 11 is 0. The molecule has 1 unspecified atom stereocenters. The van der Waals surface area contributed by atoms with Crippen molar-refractivity contribution in [3.63, 3.8) is 0 Å². The number of hydrogen-bond acceptors (Lipinski definition) is 8. The lowest BCUT2D eigenvalue weighted by Crippen LogP contribution is -2.53. The summed E-state index contributed by atoms with van der Waals surface area (Å²) in [5.41, 5.74) is 1.74. The zero-order valence-electron chi connectivity index (χ0n) is 22.0. The normalized spacial score (nSPS) is 15.7. The molecule has 1 fully saturated rings. The second kappa shape index (κ2) is 13.1. The first-order chi connectivity index (χ1) is 18.8. The number of carbonyl (C=O) groups excluding carboxylic acids is 1. The van der Waals surface area contributed by atoms with Crippen LogP contribution in [0.5, 0.6) is 11.5 Å². The van der Waals surface area contributed by atoms with Crippen LogP contribution in [-0.2, 0) is 29.0 Å². The molecule has 0 aromatic heterocycles. The molecule has 0 bridgehead atoms. The minimum atomic E-state index is -4.10. The Morgan fingerprint density at radius 1 is 0.923 bits per heavy atom. The molecule has 9 nitrogen and oxygen atoms in total. The van der Waals surface area contributed by atoms with Crippen molar-refractivity contribution in [1.82, 2.24) is 4.72 Å². The van der Waals surface area contributed by atoms with Crippen LogP contribution in [-0.4, -0.2) is 59.8 Å². The summed E-state index contributed by atoms with van der Waals surface area (Å²) in [6.45, 7) is 2.47. The molecule has 1 atom stereocenters. The van der Waals surface area contributed by atoms with Gasteiger partial charge in [-0.2, -0.15) is 4.72 Å².